The molecule has 2 aromatic rings. The second-order valence-corrected chi connectivity index (χ2v) is 6.96. The van der Waals surface area contributed by atoms with E-state index in [1.807, 2.05) is 12.1 Å². The van der Waals surface area contributed by atoms with Crippen molar-refractivity contribution in [2.24, 2.45) is 0 Å². The van der Waals surface area contributed by atoms with Gasteiger partial charge in [-0.05, 0) is 35.7 Å². The summed E-state index contributed by atoms with van der Waals surface area (Å²) < 4.78 is 24.5. The Labute approximate surface area is 125 Å². The van der Waals surface area contributed by atoms with Crippen LogP contribution in [-0.2, 0) is 10.0 Å². The van der Waals surface area contributed by atoms with Gasteiger partial charge in [0.25, 0.3) is 0 Å². The second-order valence-electron chi connectivity index (χ2n) is 5.21. The Balaban J connectivity index is 2.06. The third-order valence-electron chi connectivity index (χ3n) is 2.92. The van der Waals surface area contributed by atoms with Crippen LogP contribution in [0.25, 0.3) is 0 Å². The minimum atomic E-state index is -3.29. The third kappa shape index (κ3) is 4.75. The average Bonchev–Trinajstić information content (AvgIpc) is 2.40. The van der Waals surface area contributed by atoms with Crippen molar-refractivity contribution in [1.29, 1.82) is 0 Å². The Morgan fingerprint density at radius 1 is 1.00 bits per heavy atom. The second kappa shape index (κ2) is 6.13. The van der Waals surface area contributed by atoms with Gasteiger partial charge in [0.2, 0.25) is 10.0 Å². The number of nitrogens with one attached hydrogen (secondary N) is 2. The van der Waals surface area contributed by atoms with Crippen LogP contribution in [0, 0.1) is 0 Å². The van der Waals surface area contributed by atoms with Crippen molar-refractivity contribution in [3.63, 3.8) is 0 Å². The highest BCUT2D eigenvalue weighted by atomic mass is 32.2. The number of pyridine rings is 1. The molecule has 2 N–H and O–H groups in total. The molecule has 1 heterocycles. The average molecular weight is 305 g/mol. The molecule has 0 aliphatic heterocycles. The Bertz CT molecular complexity index is 693. The Morgan fingerprint density at radius 2 is 1.62 bits per heavy atom. The zero-order valence-electron chi connectivity index (χ0n) is 12.3. The molecule has 0 spiro atoms. The molecule has 0 radical (unpaired) electrons. The summed E-state index contributed by atoms with van der Waals surface area (Å²) in [6.45, 7) is 4.31. The van der Waals surface area contributed by atoms with Gasteiger partial charge in [-0.25, -0.2) is 13.4 Å². The van der Waals surface area contributed by atoms with E-state index >= 15 is 0 Å². The van der Waals surface area contributed by atoms with Crippen molar-refractivity contribution < 1.29 is 8.42 Å². The van der Waals surface area contributed by atoms with Crippen molar-refractivity contribution in [2.75, 3.05) is 16.3 Å². The molecule has 0 saturated carbocycles. The molecule has 0 aliphatic rings. The summed E-state index contributed by atoms with van der Waals surface area (Å²) in [6.07, 6.45) is 2.68. The topological polar surface area (TPSA) is 71.1 Å². The van der Waals surface area contributed by atoms with E-state index in [2.05, 4.69) is 41.0 Å². The number of aromatic nitrogens is 1. The predicted molar refractivity (Wildman–Crippen MR) is 86.5 cm³/mol. The minimum absolute atomic E-state index is 0.304. The van der Waals surface area contributed by atoms with E-state index < -0.39 is 10.0 Å². The van der Waals surface area contributed by atoms with Crippen molar-refractivity contribution in [3.8, 4) is 0 Å². The predicted octanol–water partition coefficient (Wildman–Crippen LogP) is 3.32. The van der Waals surface area contributed by atoms with E-state index in [1.54, 1.807) is 18.3 Å². The molecule has 0 fully saturated rings. The SMILES string of the molecule is CC(C)c1ccc(Nc2ccc(NS(C)(=O)=O)nc2)cc1. The molecule has 0 amide bonds. The molecular formula is C15H19N3O2S. The highest BCUT2D eigenvalue weighted by Crippen LogP contribution is 2.20. The summed E-state index contributed by atoms with van der Waals surface area (Å²) in [6, 6.07) is 11.6. The van der Waals surface area contributed by atoms with Crippen molar-refractivity contribution >= 4 is 27.2 Å². The fraction of sp³-hybridized carbons (Fsp3) is 0.267. The first kappa shape index (κ1) is 15.3. The molecule has 0 aliphatic carbocycles. The summed E-state index contributed by atoms with van der Waals surface area (Å²) in [7, 11) is -3.29. The molecule has 0 saturated heterocycles. The van der Waals surface area contributed by atoms with E-state index in [9.17, 15) is 8.42 Å². The maximum Gasteiger partial charge on any atom is 0.230 e. The zero-order chi connectivity index (χ0) is 15.5. The van der Waals surface area contributed by atoms with Gasteiger partial charge in [-0.15, -0.1) is 0 Å². The van der Waals surface area contributed by atoms with Crippen molar-refractivity contribution in [2.45, 2.75) is 19.8 Å². The summed E-state index contributed by atoms with van der Waals surface area (Å²) in [5.74, 6) is 0.806. The van der Waals surface area contributed by atoms with E-state index in [4.69, 9.17) is 0 Å². The molecule has 0 unspecified atom stereocenters. The van der Waals surface area contributed by atoms with Crippen molar-refractivity contribution in [1.82, 2.24) is 4.98 Å². The quantitative estimate of drug-likeness (QED) is 0.889. The van der Waals surface area contributed by atoms with Crippen LogP contribution in [0.2, 0.25) is 0 Å². The van der Waals surface area contributed by atoms with Crippen LogP contribution in [0.15, 0.2) is 42.6 Å². The number of hydrogen-bond acceptors (Lipinski definition) is 4. The van der Waals surface area contributed by atoms with Crippen molar-refractivity contribution in [3.05, 3.63) is 48.2 Å². The molecule has 1 aromatic carbocycles. The lowest BCUT2D eigenvalue weighted by atomic mass is 10.0. The largest absolute Gasteiger partial charge is 0.354 e. The maximum atomic E-state index is 11.1. The highest BCUT2D eigenvalue weighted by Gasteiger charge is 2.03. The molecule has 0 atom stereocenters. The van der Waals surface area contributed by atoms with E-state index in [0.717, 1.165) is 17.6 Å². The van der Waals surface area contributed by atoms with E-state index in [0.29, 0.717) is 11.7 Å². The summed E-state index contributed by atoms with van der Waals surface area (Å²) >= 11 is 0. The van der Waals surface area contributed by atoms with Crippen LogP contribution in [0.4, 0.5) is 17.2 Å². The Morgan fingerprint density at radius 3 is 2.10 bits per heavy atom. The van der Waals surface area contributed by atoms with Gasteiger partial charge in [-0.2, -0.15) is 0 Å². The third-order valence-corrected chi connectivity index (χ3v) is 3.50. The van der Waals surface area contributed by atoms with Gasteiger partial charge < -0.3 is 5.32 Å². The maximum absolute atomic E-state index is 11.1. The molecule has 1 aromatic heterocycles. The molecule has 2 rings (SSSR count). The fourth-order valence-electron chi connectivity index (χ4n) is 1.84. The van der Waals surface area contributed by atoms with Gasteiger partial charge in [0.15, 0.2) is 0 Å². The van der Waals surface area contributed by atoms with Crippen LogP contribution in [0.3, 0.4) is 0 Å². The monoisotopic (exact) mass is 305 g/mol. The minimum Gasteiger partial charge on any atom is -0.354 e. The molecule has 112 valence electrons. The van der Waals surface area contributed by atoms with Crippen LogP contribution >= 0.6 is 0 Å². The van der Waals surface area contributed by atoms with Gasteiger partial charge in [0.1, 0.15) is 5.82 Å². The lowest BCUT2D eigenvalue weighted by Crippen LogP contribution is -2.10. The molecule has 6 heteroatoms. The summed E-state index contributed by atoms with van der Waals surface area (Å²) in [4.78, 5) is 4.05. The first-order valence-electron chi connectivity index (χ1n) is 6.64. The first-order chi connectivity index (χ1) is 9.83. The number of anilines is 3. The van der Waals surface area contributed by atoms with Gasteiger partial charge in [-0.3, -0.25) is 4.72 Å². The summed E-state index contributed by atoms with van der Waals surface area (Å²) in [5, 5.41) is 3.22. The first-order valence-corrected chi connectivity index (χ1v) is 8.53. The molecule has 0 bridgehead atoms. The highest BCUT2D eigenvalue weighted by molar-refractivity contribution is 7.92. The standard InChI is InChI=1S/C15H19N3O2S/c1-11(2)12-4-6-13(7-5-12)17-14-8-9-15(16-10-14)18-21(3,19)20/h4-11,17H,1-3H3,(H,16,18). The Kier molecular flexibility index (Phi) is 4.47. The van der Waals surface area contributed by atoms with Gasteiger partial charge in [0, 0.05) is 5.69 Å². The fourth-order valence-corrected chi connectivity index (χ4v) is 2.34. The van der Waals surface area contributed by atoms with E-state index in [1.165, 1.54) is 5.56 Å². The normalized spacial score (nSPS) is 11.4. The van der Waals surface area contributed by atoms with E-state index in [-0.39, 0.29) is 0 Å². The van der Waals surface area contributed by atoms with Crippen LogP contribution < -0.4 is 10.0 Å². The van der Waals surface area contributed by atoms with Gasteiger partial charge >= 0.3 is 0 Å². The number of rotatable bonds is 5. The number of nitrogens with zero attached hydrogens (tertiary/aromatic N) is 1. The van der Waals surface area contributed by atoms with Crippen LogP contribution in [0.1, 0.15) is 25.3 Å². The lowest BCUT2D eigenvalue weighted by Gasteiger charge is -2.10. The van der Waals surface area contributed by atoms with Crippen LogP contribution in [-0.4, -0.2) is 19.7 Å². The van der Waals surface area contributed by atoms with Gasteiger partial charge in [-0.1, -0.05) is 26.0 Å². The molecule has 5 nitrogen and oxygen atoms in total. The number of sulfonamides is 1. The molecular weight excluding hydrogens is 286 g/mol. The smallest absolute Gasteiger partial charge is 0.230 e. The van der Waals surface area contributed by atoms with Crippen LogP contribution in [0.5, 0.6) is 0 Å². The number of benzene rings is 1. The summed E-state index contributed by atoms with van der Waals surface area (Å²) in [5.41, 5.74) is 3.04. The Hall–Kier alpha value is -2.08. The lowest BCUT2D eigenvalue weighted by molar-refractivity contribution is 0.606. The zero-order valence-corrected chi connectivity index (χ0v) is 13.1. The molecule has 21 heavy (non-hydrogen) atoms. The number of hydrogen-bond donors (Lipinski definition) is 2. The van der Waals surface area contributed by atoms with Gasteiger partial charge in [0.05, 0.1) is 18.1 Å².